The number of fused-ring (bicyclic) bond motifs is 2. The van der Waals surface area contributed by atoms with Crippen LogP contribution in [0.5, 0.6) is 0 Å². The maximum atomic E-state index is 12.9. The third-order valence-electron chi connectivity index (χ3n) is 5.94. The molecule has 0 aromatic carbocycles. The highest BCUT2D eigenvalue weighted by atomic mass is 16.2. The van der Waals surface area contributed by atoms with E-state index in [0.29, 0.717) is 35.6 Å². The van der Waals surface area contributed by atoms with Gasteiger partial charge in [-0.2, -0.15) is 0 Å². The maximum Gasteiger partial charge on any atom is 0.225 e. The molecule has 3 nitrogen and oxygen atoms in total. The summed E-state index contributed by atoms with van der Waals surface area (Å²) in [5.41, 5.74) is 6.34. The summed E-state index contributed by atoms with van der Waals surface area (Å²) < 4.78 is 0. The van der Waals surface area contributed by atoms with Crippen LogP contribution in [0.2, 0.25) is 0 Å². The van der Waals surface area contributed by atoms with Crippen LogP contribution in [-0.2, 0) is 4.79 Å². The fourth-order valence-corrected chi connectivity index (χ4v) is 5.09. The predicted molar refractivity (Wildman–Crippen MR) is 81.1 cm³/mol. The smallest absolute Gasteiger partial charge is 0.225 e. The number of hydrogen-bond acceptors (Lipinski definition) is 2. The molecule has 2 bridgehead atoms. The van der Waals surface area contributed by atoms with Crippen LogP contribution in [0.15, 0.2) is 0 Å². The number of piperidine rings is 1. The van der Waals surface area contributed by atoms with Gasteiger partial charge in [0.25, 0.3) is 0 Å². The molecule has 3 fully saturated rings. The average molecular weight is 278 g/mol. The van der Waals surface area contributed by atoms with Crippen molar-refractivity contribution in [2.45, 2.75) is 58.4 Å². The molecule has 3 heteroatoms. The normalized spacial score (nSPS) is 45.2. The molecule has 0 radical (unpaired) electrons. The van der Waals surface area contributed by atoms with Crippen molar-refractivity contribution in [3.63, 3.8) is 0 Å². The Balaban J connectivity index is 1.65. The summed E-state index contributed by atoms with van der Waals surface area (Å²) in [6.45, 7) is 6.50. The van der Waals surface area contributed by atoms with Gasteiger partial charge in [0.15, 0.2) is 0 Å². The van der Waals surface area contributed by atoms with Crippen LogP contribution in [0.25, 0.3) is 0 Å². The molecule has 4 unspecified atom stereocenters. The number of carbonyl (C=O) groups is 1. The van der Waals surface area contributed by atoms with E-state index in [0.717, 1.165) is 25.9 Å². The van der Waals surface area contributed by atoms with Crippen molar-refractivity contribution in [2.24, 2.45) is 35.3 Å². The molecular formula is C17H30N2O. The van der Waals surface area contributed by atoms with Gasteiger partial charge in [0, 0.05) is 25.0 Å². The van der Waals surface area contributed by atoms with Gasteiger partial charge in [0.05, 0.1) is 0 Å². The molecule has 4 atom stereocenters. The zero-order valence-corrected chi connectivity index (χ0v) is 13.1. The first-order valence-electron chi connectivity index (χ1n) is 8.59. The van der Waals surface area contributed by atoms with Gasteiger partial charge in [-0.25, -0.2) is 0 Å². The first-order valence-corrected chi connectivity index (χ1v) is 8.59. The molecule has 2 saturated carbocycles. The quantitative estimate of drug-likeness (QED) is 0.801. The van der Waals surface area contributed by atoms with Crippen molar-refractivity contribution in [1.29, 1.82) is 0 Å². The zero-order valence-electron chi connectivity index (χ0n) is 13.1. The number of amides is 1. The molecule has 0 aromatic heterocycles. The average Bonchev–Trinajstić information content (AvgIpc) is 2.36. The lowest BCUT2D eigenvalue weighted by atomic mass is 9.65. The SMILES string of the molecule is CC1CC(C)CN(C(=O)C2CC3CCCC(C2)C3N)C1. The first kappa shape index (κ1) is 14.4. The minimum absolute atomic E-state index is 0.266. The maximum absolute atomic E-state index is 12.9. The highest BCUT2D eigenvalue weighted by Crippen LogP contribution is 2.42. The van der Waals surface area contributed by atoms with Gasteiger partial charge in [0.2, 0.25) is 5.91 Å². The van der Waals surface area contributed by atoms with E-state index in [1.165, 1.54) is 25.7 Å². The van der Waals surface area contributed by atoms with E-state index in [2.05, 4.69) is 18.7 Å². The predicted octanol–water partition coefficient (Wildman–Crippen LogP) is 2.64. The van der Waals surface area contributed by atoms with E-state index in [1.807, 2.05) is 0 Å². The van der Waals surface area contributed by atoms with Crippen LogP contribution in [0.3, 0.4) is 0 Å². The van der Waals surface area contributed by atoms with Gasteiger partial charge >= 0.3 is 0 Å². The van der Waals surface area contributed by atoms with Crippen molar-refractivity contribution >= 4 is 5.91 Å². The van der Waals surface area contributed by atoms with Crippen molar-refractivity contribution in [3.05, 3.63) is 0 Å². The van der Waals surface area contributed by atoms with E-state index in [1.54, 1.807) is 0 Å². The number of nitrogens with zero attached hydrogens (tertiary/aromatic N) is 1. The van der Waals surface area contributed by atoms with E-state index < -0.39 is 0 Å². The minimum atomic E-state index is 0.266. The van der Waals surface area contributed by atoms with Gasteiger partial charge in [-0.3, -0.25) is 4.79 Å². The monoisotopic (exact) mass is 278 g/mol. The van der Waals surface area contributed by atoms with Gasteiger partial charge in [-0.1, -0.05) is 20.3 Å². The van der Waals surface area contributed by atoms with Crippen LogP contribution in [-0.4, -0.2) is 29.9 Å². The second-order valence-corrected chi connectivity index (χ2v) is 7.89. The van der Waals surface area contributed by atoms with Crippen molar-refractivity contribution in [3.8, 4) is 0 Å². The summed E-state index contributed by atoms with van der Waals surface area (Å²) in [5, 5.41) is 0. The van der Waals surface area contributed by atoms with Crippen LogP contribution in [0, 0.1) is 29.6 Å². The van der Waals surface area contributed by atoms with Crippen LogP contribution in [0.4, 0.5) is 0 Å². The number of likely N-dealkylation sites (tertiary alicyclic amines) is 1. The van der Waals surface area contributed by atoms with E-state index in [4.69, 9.17) is 5.73 Å². The Hall–Kier alpha value is -0.570. The Morgan fingerprint density at radius 2 is 1.55 bits per heavy atom. The van der Waals surface area contributed by atoms with Gasteiger partial charge in [0.1, 0.15) is 0 Å². The molecule has 1 aliphatic heterocycles. The summed E-state index contributed by atoms with van der Waals surface area (Å²) in [4.78, 5) is 15.0. The number of rotatable bonds is 1. The second-order valence-electron chi connectivity index (χ2n) is 7.89. The molecule has 2 N–H and O–H groups in total. The lowest BCUT2D eigenvalue weighted by Gasteiger charge is -2.45. The third kappa shape index (κ3) is 2.74. The molecule has 1 saturated heterocycles. The summed E-state index contributed by atoms with van der Waals surface area (Å²) in [6, 6.07) is 0.368. The molecule has 20 heavy (non-hydrogen) atoms. The second kappa shape index (κ2) is 5.67. The Morgan fingerprint density at radius 3 is 2.10 bits per heavy atom. The van der Waals surface area contributed by atoms with Gasteiger partial charge in [-0.05, 0) is 55.8 Å². The van der Waals surface area contributed by atoms with Crippen molar-refractivity contribution < 1.29 is 4.79 Å². The third-order valence-corrected chi connectivity index (χ3v) is 5.94. The largest absolute Gasteiger partial charge is 0.342 e. The lowest BCUT2D eigenvalue weighted by Crippen LogP contribution is -2.51. The van der Waals surface area contributed by atoms with Crippen molar-refractivity contribution in [1.82, 2.24) is 4.90 Å². The van der Waals surface area contributed by atoms with E-state index in [9.17, 15) is 4.79 Å². The molecule has 1 amide bonds. The first-order chi connectivity index (χ1) is 9.54. The lowest BCUT2D eigenvalue weighted by molar-refractivity contribution is -0.141. The Morgan fingerprint density at radius 1 is 1.00 bits per heavy atom. The van der Waals surface area contributed by atoms with Gasteiger partial charge < -0.3 is 10.6 Å². The summed E-state index contributed by atoms with van der Waals surface area (Å²) in [7, 11) is 0. The number of carbonyl (C=O) groups excluding carboxylic acids is 1. The van der Waals surface area contributed by atoms with E-state index >= 15 is 0 Å². The molecular weight excluding hydrogens is 248 g/mol. The Labute approximate surface area is 123 Å². The molecule has 0 spiro atoms. The minimum Gasteiger partial charge on any atom is -0.342 e. The van der Waals surface area contributed by atoms with Gasteiger partial charge in [-0.15, -0.1) is 0 Å². The summed E-state index contributed by atoms with van der Waals surface area (Å²) in [6.07, 6.45) is 7.18. The Bertz CT molecular complexity index is 346. The standard InChI is InChI=1S/C17H30N2O/c1-11-6-12(2)10-19(9-11)17(20)15-7-13-4-3-5-14(8-15)16(13)18/h11-16H,3-10,18H2,1-2H3. The van der Waals surface area contributed by atoms with Crippen LogP contribution in [0.1, 0.15) is 52.4 Å². The number of hydrogen-bond donors (Lipinski definition) is 1. The molecule has 0 aromatic rings. The molecule has 2 aliphatic carbocycles. The topological polar surface area (TPSA) is 46.3 Å². The molecule has 3 aliphatic rings. The fraction of sp³-hybridized carbons (Fsp3) is 0.941. The molecule has 3 rings (SSSR count). The summed E-state index contributed by atoms with van der Waals surface area (Å²) in [5.74, 6) is 3.24. The number of nitrogens with two attached hydrogens (primary N) is 1. The van der Waals surface area contributed by atoms with Crippen molar-refractivity contribution in [2.75, 3.05) is 13.1 Å². The van der Waals surface area contributed by atoms with Crippen LogP contribution >= 0.6 is 0 Å². The zero-order chi connectivity index (χ0) is 14.3. The molecule has 1 heterocycles. The molecule has 114 valence electrons. The summed E-state index contributed by atoms with van der Waals surface area (Å²) >= 11 is 0. The highest BCUT2D eigenvalue weighted by molar-refractivity contribution is 5.79. The highest BCUT2D eigenvalue weighted by Gasteiger charge is 2.42. The van der Waals surface area contributed by atoms with E-state index in [-0.39, 0.29) is 5.92 Å². The van der Waals surface area contributed by atoms with Crippen LogP contribution < -0.4 is 5.73 Å². The fourth-order valence-electron chi connectivity index (χ4n) is 5.09. The Kier molecular flexibility index (Phi) is 4.07.